The molecule has 1 heterocycles. The van der Waals surface area contributed by atoms with Gasteiger partial charge < -0.3 is 5.21 Å². The molecule has 68 valence electrons. The molecule has 0 fully saturated rings. The van der Waals surface area contributed by atoms with Crippen molar-refractivity contribution in [3.8, 4) is 0 Å². The molecule has 0 aliphatic carbocycles. The predicted molar refractivity (Wildman–Crippen MR) is 43.4 cm³/mol. The number of rotatable bonds is 3. The van der Waals surface area contributed by atoms with Crippen LogP contribution in [0.5, 0.6) is 0 Å². The summed E-state index contributed by atoms with van der Waals surface area (Å²) in [5, 5.41) is 14.7. The maximum atomic E-state index is 11.0. The second-order valence-corrected chi connectivity index (χ2v) is 3.27. The maximum absolute atomic E-state index is 11.0. The molecule has 0 aromatic carbocycles. The van der Waals surface area contributed by atoms with Crippen LogP contribution < -0.4 is 4.90 Å². The van der Waals surface area contributed by atoms with E-state index in [-0.39, 0.29) is 0 Å². The summed E-state index contributed by atoms with van der Waals surface area (Å²) in [6.45, 7) is 6.08. The number of hydrogen-bond acceptors (Lipinski definition) is 3. The molecule has 1 aromatic rings. The highest BCUT2D eigenvalue weighted by atomic mass is 16.8. The molecule has 1 rings (SSSR count). The van der Waals surface area contributed by atoms with Crippen molar-refractivity contribution in [1.29, 1.82) is 0 Å². The van der Waals surface area contributed by atoms with E-state index in [0.29, 0.717) is 16.5 Å². The average molecular weight is 170 g/mol. The molecular weight excluding hydrogens is 156 g/mol. The molecule has 0 spiro atoms. The highest BCUT2D eigenvalue weighted by Crippen LogP contribution is 2.08. The zero-order valence-corrected chi connectivity index (χ0v) is 7.70. The van der Waals surface area contributed by atoms with Crippen LogP contribution >= 0.6 is 0 Å². The van der Waals surface area contributed by atoms with E-state index < -0.39 is 0 Å². The SMILES string of the molecule is CCc1no[n+]([O-])c1CC(C)C. The predicted octanol–water partition coefficient (Wildman–Crippen LogP) is 1.07. The molecule has 0 saturated heterocycles. The molecular formula is C8H14N2O2. The van der Waals surface area contributed by atoms with Crippen LogP contribution in [0, 0.1) is 11.1 Å². The molecule has 0 radical (unpaired) electrons. The third kappa shape index (κ3) is 1.75. The minimum absolute atomic E-state index is 0.454. The smallest absolute Gasteiger partial charge is 0.220 e. The topological polar surface area (TPSA) is 53.0 Å². The second kappa shape index (κ2) is 3.56. The molecule has 0 unspecified atom stereocenters. The lowest BCUT2D eigenvalue weighted by Crippen LogP contribution is -2.29. The first-order chi connectivity index (χ1) is 5.65. The summed E-state index contributed by atoms with van der Waals surface area (Å²) in [4.78, 5) is 0.513. The van der Waals surface area contributed by atoms with Gasteiger partial charge in [-0.25, -0.2) is 0 Å². The molecule has 4 nitrogen and oxygen atoms in total. The highest BCUT2D eigenvalue weighted by molar-refractivity contribution is 5.03. The Morgan fingerprint density at radius 3 is 2.75 bits per heavy atom. The van der Waals surface area contributed by atoms with Gasteiger partial charge in [0.2, 0.25) is 5.69 Å². The molecule has 0 N–H and O–H groups in total. The Morgan fingerprint density at radius 2 is 2.25 bits per heavy atom. The molecule has 0 aliphatic heterocycles. The minimum atomic E-state index is 0.454. The lowest BCUT2D eigenvalue weighted by atomic mass is 10.1. The van der Waals surface area contributed by atoms with Crippen molar-refractivity contribution >= 4 is 0 Å². The molecule has 0 atom stereocenters. The molecule has 0 bridgehead atoms. The Bertz CT molecular complexity index is 256. The van der Waals surface area contributed by atoms with E-state index in [1.165, 1.54) is 0 Å². The van der Waals surface area contributed by atoms with Gasteiger partial charge in [0.15, 0.2) is 5.69 Å². The third-order valence-corrected chi connectivity index (χ3v) is 1.72. The zero-order valence-electron chi connectivity index (χ0n) is 7.70. The van der Waals surface area contributed by atoms with E-state index in [4.69, 9.17) is 0 Å². The van der Waals surface area contributed by atoms with E-state index in [0.717, 1.165) is 18.5 Å². The van der Waals surface area contributed by atoms with Crippen LogP contribution in [0.3, 0.4) is 0 Å². The van der Waals surface area contributed by atoms with Crippen LogP contribution in [0.1, 0.15) is 32.2 Å². The fraction of sp³-hybridized carbons (Fsp3) is 0.750. The molecule has 0 saturated carbocycles. The zero-order chi connectivity index (χ0) is 9.14. The Labute approximate surface area is 71.7 Å². The van der Waals surface area contributed by atoms with Crippen LogP contribution in [0.15, 0.2) is 4.63 Å². The fourth-order valence-corrected chi connectivity index (χ4v) is 1.14. The Hall–Kier alpha value is -1.06. The summed E-state index contributed by atoms with van der Waals surface area (Å²) >= 11 is 0. The summed E-state index contributed by atoms with van der Waals surface area (Å²) in [5.74, 6) is 0.454. The van der Waals surface area contributed by atoms with Crippen LogP contribution in [-0.2, 0) is 12.8 Å². The summed E-state index contributed by atoms with van der Waals surface area (Å²) in [7, 11) is 0. The van der Waals surface area contributed by atoms with Crippen molar-refractivity contribution in [2.24, 2.45) is 5.92 Å². The summed E-state index contributed by atoms with van der Waals surface area (Å²) < 4.78 is 4.50. The van der Waals surface area contributed by atoms with Crippen LogP contribution in [0.25, 0.3) is 0 Å². The van der Waals surface area contributed by atoms with E-state index in [9.17, 15) is 5.21 Å². The number of nitrogens with zero attached hydrogens (tertiary/aromatic N) is 2. The van der Waals surface area contributed by atoms with E-state index in [1.807, 2.05) is 6.92 Å². The summed E-state index contributed by atoms with van der Waals surface area (Å²) in [6, 6.07) is 0. The van der Waals surface area contributed by atoms with Crippen LogP contribution in [-0.4, -0.2) is 5.16 Å². The van der Waals surface area contributed by atoms with Crippen molar-refractivity contribution in [2.75, 3.05) is 0 Å². The van der Waals surface area contributed by atoms with Gasteiger partial charge in [-0.1, -0.05) is 20.8 Å². The molecule has 4 heteroatoms. The Balaban J connectivity index is 2.86. The molecule has 12 heavy (non-hydrogen) atoms. The van der Waals surface area contributed by atoms with E-state index in [2.05, 4.69) is 23.6 Å². The van der Waals surface area contributed by atoms with E-state index in [1.54, 1.807) is 0 Å². The lowest BCUT2D eigenvalue weighted by molar-refractivity contribution is -0.808. The first kappa shape index (κ1) is 9.03. The van der Waals surface area contributed by atoms with Gasteiger partial charge in [-0.05, 0) is 10.8 Å². The van der Waals surface area contributed by atoms with Gasteiger partial charge in [-0.3, -0.25) is 4.63 Å². The van der Waals surface area contributed by atoms with Gasteiger partial charge in [0.25, 0.3) is 0 Å². The number of hydrogen-bond donors (Lipinski definition) is 0. The van der Waals surface area contributed by atoms with Crippen molar-refractivity contribution in [3.63, 3.8) is 0 Å². The van der Waals surface area contributed by atoms with Crippen molar-refractivity contribution < 1.29 is 9.53 Å². The fourth-order valence-electron chi connectivity index (χ4n) is 1.14. The molecule has 0 aliphatic rings. The highest BCUT2D eigenvalue weighted by Gasteiger charge is 2.17. The van der Waals surface area contributed by atoms with Crippen LogP contribution in [0.4, 0.5) is 0 Å². The normalized spacial score (nSPS) is 11.0. The van der Waals surface area contributed by atoms with Gasteiger partial charge in [0.05, 0.1) is 0 Å². The first-order valence-corrected chi connectivity index (χ1v) is 4.22. The monoisotopic (exact) mass is 170 g/mol. The van der Waals surface area contributed by atoms with E-state index >= 15 is 0 Å². The largest absolute Gasteiger partial charge is 0.359 e. The number of aromatic nitrogens is 2. The van der Waals surface area contributed by atoms with Gasteiger partial charge in [-0.2, -0.15) is 0 Å². The van der Waals surface area contributed by atoms with Crippen LogP contribution in [0.2, 0.25) is 0 Å². The molecule has 1 aromatic heterocycles. The summed E-state index contributed by atoms with van der Waals surface area (Å²) in [6.07, 6.45) is 1.48. The van der Waals surface area contributed by atoms with Crippen molar-refractivity contribution in [2.45, 2.75) is 33.6 Å². The van der Waals surface area contributed by atoms with Gasteiger partial charge >= 0.3 is 0 Å². The van der Waals surface area contributed by atoms with Crippen molar-refractivity contribution in [1.82, 2.24) is 5.16 Å². The Kier molecular flexibility index (Phi) is 2.68. The lowest BCUT2D eigenvalue weighted by Gasteiger charge is -2.00. The maximum Gasteiger partial charge on any atom is 0.220 e. The Morgan fingerprint density at radius 1 is 1.58 bits per heavy atom. The number of aryl methyl sites for hydroxylation is 1. The van der Waals surface area contributed by atoms with Crippen molar-refractivity contribution in [3.05, 3.63) is 16.6 Å². The average Bonchev–Trinajstić information content (AvgIpc) is 2.32. The molecule has 0 amide bonds. The van der Waals surface area contributed by atoms with Gasteiger partial charge in [0.1, 0.15) is 0 Å². The quantitative estimate of drug-likeness (QED) is 0.637. The standard InChI is InChI=1S/C8H14N2O2/c1-4-7-8(5-6(2)3)10(11)12-9-7/h6H,4-5H2,1-3H3. The second-order valence-electron chi connectivity index (χ2n) is 3.27. The minimum Gasteiger partial charge on any atom is -0.359 e. The third-order valence-electron chi connectivity index (χ3n) is 1.72. The summed E-state index contributed by atoms with van der Waals surface area (Å²) in [5.41, 5.74) is 1.45. The van der Waals surface area contributed by atoms with Gasteiger partial charge in [0, 0.05) is 18.0 Å². The first-order valence-electron chi connectivity index (χ1n) is 4.22. The van der Waals surface area contributed by atoms with Gasteiger partial charge in [-0.15, -0.1) is 0 Å².